The predicted octanol–water partition coefficient (Wildman–Crippen LogP) is 4.20. The lowest BCUT2D eigenvalue weighted by Crippen LogP contribution is -2.07. The molecule has 122 valence electrons. The van der Waals surface area contributed by atoms with Gasteiger partial charge in [0, 0.05) is 0 Å². The van der Waals surface area contributed by atoms with Crippen molar-refractivity contribution in [3.8, 4) is 0 Å². The molecular formula is C19H22O3S. The fourth-order valence-electron chi connectivity index (χ4n) is 2.91. The summed E-state index contributed by atoms with van der Waals surface area (Å²) >= 11 is 0. The molecule has 0 saturated carbocycles. The highest BCUT2D eigenvalue weighted by Gasteiger charge is 2.24. The normalized spacial score (nSPS) is 14.0. The van der Waals surface area contributed by atoms with E-state index in [9.17, 15) is 8.42 Å². The Labute approximate surface area is 138 Å². The number of benzene rings is 2. The van der Waals surface area contributed by atoms with Gasteiger partial charge in [0.2, 0.25) is 9.84 Å². The molecule has 3 nitrogen and oxygen atoms in total. The van der Waals surface area contributed by atoms with Gasteiger partial charge in [0.25, 0.3) is 0 Å². The van der Waals surface area contributed by atoms with Crippen LogP contribution in [0.15, 0.2) is 46.2 Å². The third-order valence-electron chi connectivity index (χ3n) is 4.32. The van der Waals surface area contributed by atoms with Gasteiger partial charge in [-0.3, -0.25) is 0 Å². The van der Waals surface area contributed by atoms with E-state index >= 15 is 0 Å². The molecule has 0 N–H and O–H groups in total. The molecule has 0 bridgehead atoms. The standard InChI is InChI=1S/C19H22O3S/c1-3-4-5-15-10-16-12-22-13-17(16)11-19(15)23(20,21)18-8-6-14(2)7-9-18/h6-11H,3-5,12-13H2,1-2H3. The molecule has 23 heavy (non-hydrogen) atoms. The summed E-state index contributed by atoms with van der Waals surface area (Å²) in [5.41, 5.74) is 4.09. The first kappa shape index (κ1) is 16.2. The van der Waals surface area contributed by atoms with Crippen molar-refractivity contribution in [3.05, 3.63) is 58.7 Å². The van der Waals surface area contributed by atoms with Crippen LogP contribution in [0.2, 0.25) is 0 Å². The van der Waals surface area contributed by atoms with E-state index in [0.717, 1.165) is 41.5 Å². The molecule has 0 fully saturated rings. The van der Waals surface area contributed by atoms with E-state index in [4.69, 9.17) is 4.74 Å². The average molecular weight is 330 g/mol. The van der Waals surface area contributed by atoms with Gasteiger partial charge >= 0.3 is 0 Å². The maximum Gasteiger partial charge on any atom is 0.206 e. The Balaban J connectivity index is 2.11. The first-order valence-electron chi connectivity index (χ1n) is 8.06. The van der Waals surface area contributed by atoms with Gasteiger partial charge in [-0.25, -0.2) is 8.42 Å². The maximum absolute atomic E-state index is 13.1. The van der Waals surface area contributed by atoms with E-state index in [2.05, 4.69) is 6.92 Å². The van der Waals surface area contributed by atoms with Crippen LogP contribution in [0.3, 0.4) is 0 Å². The van der Waals surface area contributed by atoms with Crippen LogP contribution in [0.25, 0.3) is 0 Å². The molecule has 0 spiro atoms. The van der Waals surface area contributed by atoms with Crippen LogP contribution < -0.4 is 0 Å². The largest absolute Gasteiger partial charge is 0.372 e. The van der Waals surface area contributed by atoms with Gasteiger partial charge in [0.05, 0.1) is 23.0 Å². The van der Waals surface area contributed by atoms with Crippen LogP contribution in [0.5, 0.6) is 0 Å². The minimum absolute atomic E-state index is 0.361. The highest BCUT2D eigenvalue weighted by atomic mass is 32.2. The molecule has 0 atom stereocenters. The number of ether oxygens (including phenoxy) is 1. The molecule has 1 aliphatic rings. The van der Waals surface area contributed by atoms with Crippen molar-refractivity contribution in [2.75, 3.05) is 0 Å². The third-order valence-corrected chi connectivity index (χ3v) is 6.17. The second-order valence-electron chi connectivity index (χ2n) is 6.14. The number of sulfone groups is 1. The molecular weight excluding hydrogens is 308 g/mol. The first-order chi connectivity index (χ1) is 11.0. The predicted molar refractivity (Wildman–Crippen MR) is 90.2 cm³/mol. The van der Waals surface area contributed by atoms with Gasteiger partial charge in [-0.1, -0.05) is 37.1 Å². The Morgan fingerprint density at radius 2 is 1.70 bits per heavy atom. The minimum atomic E-state index is -3.49. The third kappa shape index (κ3) is 3.19. The summed E-state index contributed by atoms with van der Waals surface area (Å²) < 4.78 is 31.6. The van der Waals surface area contributed by atoms with E-state index in [1.54, 1.807) is 12.1 Å². The zero-order valence-electron chi connectivity index (χ0n) is 13.6. The van der Waals surface area contributed by atoms with Crippen molar-refractivity contribution >= 4 is 9.84 Å². The zero-order chi connectivity index (χ0) is 16.4. The van der Waals surface area contributed by atoms with Crippen LogP contribution in [-0.4, -0.2) is 8.42 Å². The van der Waals surface area contributed by atoms with Crippen LogP contribution in [0, 0.1) is 6.92 Å². The fraction of sp³-hybridized carbons (Fsp3) is 0.368. The molecule has 2 aromatic rings. The monoisotopic (exact) mass is 330 g/mol. The Morgan fingerprint density at radius 1 is 1.04 bits per heavy atom. The van der Waals surface area contributed by atoms with Crippen LogP contribution in [-0.2, 0) is 34.2 Å². The smallest absolute Gasteiger partial charge is 0.206 e. The molecule has 3 rings (SSSR count). The van der Waals surface area contributed by atoms with Gasteiger partial charge in [-0.05, 0) is 54.7 Å². The van der Waals surface area contributed by atoms with Crippen LogP contribution in [0.1, 0.15) is 42.0 Å². The van der Waals surface area contributed by atoms with Crippen molar-refractivity contribution in [2.45, 2.75) is 56.1 Å². The molecule has 0 saturated heterocycles. The number of unbranched alkanes of at least 4 members (excludes halogenated alkanes) is 1. The molecule has 1 aliphatic heterocycles. The number of rotatable bonds is 5. The van der Waals surface area contributed by atoms with Crippen molar-refractivity contribution < 1.29 is 13.2 Å². The van der Waals surface area contributed by atoms with E-state index in [0.29, 0.717) is 23.0 Å². The summed E-state index contributed by atoms with van der Waals surface area (Å²) in [4.78, 5) is 0.804. The summed E-state index contributed by atoms with van der Waals surface area (Å²) in [6.07, 6.45) is 2.80. The number of aryl methyl sites for hydroxylation is 2. The highest BCUT2D eigenvalue weighted by Crippen LogP contribution is 2.31. The van der Waals surface area contributed by atoms with Crippen molar-refractivity contribution in [3.63, 3.8) is 0 Å². The van der Waals surface area contributed by atoms with Crippen molar-refractivity contribution in [1.29, 1.82) is 0 Å². The Bertz CT molecular complexity index is 805. The quantitative estimate of drug-likeness (QED) is 0.825. The fourth-order valence-corrected chi connectivity index (χ4v) is 4.47. The van der Waals surface area contributed by atoms with Crippen LogP contribution in [0.4, 0.5) is 0 Å². The maximum atomic E-state index is 13.1. The summed E-state index contributed by atoms with van der Waals surface area (Å²) in [5.74, 6) is 0. The average Bonchev–Trinajstić information content (AvgIpc) is 2.99. The number of hydrogen-bond acceptors (Lipinski definition) is 3. The number of fused-ring (bicyclic) bond motifs is 1. The van der Waals surface area contributed by atoms with Crippen molar-refractivity contribution in [2.24, 2.45) is 0 Å². The molecule has 2 aromatic carbocycles. The van der Waals surface area contributed by atoms with E-state index in [1.807, 2.05) is 31.2 Å². The lowest BCUT2D eigenvalue weighted by atomic mass is 10.0. The molecule has 0 amide bonds. The molecule has 0 aliphatic carbocycles. The SMILES string of the molecule is CCCCc1cc2c(cc1S(=O)(=O)c1ccc(C)cc1)COC2. The zero-order valence-corrected chi connectivity index (χ0v) is 14.4. The molecule has 0 unspecified atom stereocenters. The summed E-state index contributed by atoms with van der Waals surface area (Å²) in [6, 6.07) is 10.9. The summed E-state index contributed by atoms with van der Waals surface area (Å²) in [6.45, 7) is 5.15. The Morgan fingerprint density at radius 3 is 2.35 bits per heavy atom. The lowest BCUT2D eigenvalue weighted by molar-refractivity contribution is 0.134. The summed E-state index contributed by atoms with van der Waals surface area (Å²) in [7, 11) is -3.49. The topological polar surface area (TPSA) is 43.4 Å². The molecule has 0 radical (unpaired) electrons. The minimum Gasteiger partial charge on any atom is -0.372 e. The van der Waals surface area contributed by atoms with Gasteiger partial charge in [-0.15, -0.1) is 0 Å². The molecule has 4 heteroatoms. The van der Waals surface area contributed by atoms with Gasteiger partial charge in [0.1, 0.15) is 0 Å². The Hall–Kier alpha value is -1.65. The van der Waals surface area contributed by atoms with Crippen molar-refractivity contribution in [1.82, 2.24) is 0 Å². The van der Waals surface area contributed by atoms with E-state index in [-0.39, 0.29) is 0 Å². The number of hydrogen-bond donors (Lipinski definition) is 0. The second-order valence-corrected chi connectivity index (χ2v) is 8.06. The molecule has 1 heterocycles. The lowest BCUT2D eigenvalue weighted by Gasteiger charge is -2.13. The van der Waals surface area contributed by atoms with E-state index < -0.39 is 9.84 Å². The first-order valence-corrected chi connectivity index (χ1v) is 9.55. The summed E-state index contributed by atoms with van der Waals surface area (Å²) in [5, 5.41) is 0. The molecule has 0 aromatic heterocycles. The van der Waals surface area contributed by atoms with Gasteiger partial charge in [-0.2, -0.15) is 0 Å². The highest BCUT2D eigenvalue weighted by molar-refractivity contribution is 7.91. The van der Waals surface area contributed by atoms with Crippen LogP contribution >= 0.6 is 0 Å². The van der Waals surface area contributed by atoms with Gasteiger partial charge in [0.15, 0.2) is 0 Å². The Kier molecular flexibility index (Phi) is 4.55. The second kappa shape index (κ2) is 6.46. The van der Waals surface area contributed by atoms with E-state index in [1.165, 1.54) is 0 Å². The van der Waals surface area contributed by atoms with Gasteiger partial charge < -0.3 is 4.74 Å².